The van der Waals surface area contributed by atoms with E-state index in [4.69, 9.17) is 16.6 Å². The first-order valence-electron chi connectivity index (χ1n) is 9.43. The van der Waals surface area contributed by atoms with Gasteiger partial charge in [0.15, 0.2) is 10.8 Å². The normalized spacial score (nSPS) is 15.4. The summed E-state index contributed by atoms with van der Waals surface area (Å²) in [5.41, 5.74) is 3.53. The van der Waals surface area contributed by atoms with E-state index in [1.54, 1.807) is 16.0 Å². The Balaban J connectivity index is 1.44. The highest BCUT2D eigenvalue weighted by molar-refractivity contribution is 7.22. The van der Waals surface area contributed by atoms with Crippen LogP contribution in [0.15, 0.2) is 18.2 Å². The lowest BCUT2D eigenvalue weighted by Gasteiger charge is -2.36. The van der Waals surface area contributed by atoms with Crippen LogP contribution in [-0.2, 0) is 7.05 Å². The van der Waals surface area contributed by atoms with Gasteiger partial charge in [-0.15, -0.1) is 0 Å². The number of hydrogen-bond acceptors (Lipinski definition) is 5. The standard InChI is InChI=1S/C20H24ClN5OS/c1-12-11-16(23-25(12)4)19(27)24(3)14-7-9-26(10-8-14)20-22-18-13(2)15(21)5-6-17(18)28-20/h5-6,11,14H,7-10H2,1-4H3. The van der Waals surface area contributed by atoms with Gasteiger partial charge in [0.1, 0.15) is 0 Å². The summed E-state index contributed by atoms with van der Waals surface area (Å²) >= 11 is 7.94. The fourth-order valence-corrected chi connectivity index (χ4v) is 4.91. The second-order valence-corrected chi connectivity index (χ2v) is 8.86. The zero-order valence-corrected chi connectivity index (χ0v) is 18.1. The molecule has 0 unspecified atom stereocenters. The van der Waals surface area contributed by atoms with Gasteiger partial charge in [0.2, 0.25) is 0 Å². The maximum atomic E-state index is 12.8. The minimum absolute atomic E-state index is 0.00703. The number of fused-ring (bicyclic) bond motifs is 1. The maximum absolute atomic E-state index is 12.8. The van der Waals surface area contributed by atoms with E-state index in [1.165, 1.54) is 0 Å². The lowest BCUT2D eigenvalue weighted by molar-refractivity contribution is 0.0702. The molecule has 148 valence electrons. The smallest absolute Gasteiger partial charge is 0.274 e. The van der Waals surface area contributed by atoms with E-state index >= 15 is 0 Å². The van der Waals surface area contributed by atoms with Crippen molar-refractivity contribution in [1.29, 1.82) is 0 Å². The number of rotatable bonds is 3. The van der Waals surface area contributed by atoms with Crippen LogP contribution in [0.3, 0.4) is 0 Å². The highest BCUT2D eigenvalue weighted by atomic mass is 35.5. The summed E-state index contributed by atoms with van der Waals surface area (Å²) in [4.78, 5) is 21.8. The van der Waals surface area contributed by atoms with Gasteiger partial charge in [-0.1, -0.05) is 22.9 Å². The first-order chi connectivity index (χ1) is 13.3. The quantitative estimate of drug-likeness (QED) is 0.645. The van der Waals surface area contributed by atoms with Crippen LogP contribution in [0.4, 0.5) is 5.13 Å². The van der Waals surface area contributed by atoms with Crippen LogP contribution in [0.1, 0.15) is 34.6 Å². The van der Waals surface area contributed by atoms with Crippen molar-refractivity contribution in [3.8, 4) is 0 Å². The average Bonchev–Trinajstić information content (AvgIpc) is 3.28. The molecule has 0 saturated carbocycles. The number of anilines is 1. The number of carbonyl (C=O) groups is 1. The summed E-state index contributed by atoms with van der Waals surface area (Å²) in [5.74, 6) is -0.00703. The maximum Gasteiger partial charge on any atom is 0.274 e. The Hall–Kier alpha value is -2.12. The molecule has 0 aliphatic carbocycles. The van der Waals surface area contributed by atoms with E-state index in [9.17, 15) is 4.79 Å². The van der Waals surface area contributed by atoms with Crippen LogP contribution in [-0.4, -0.2) is 51.8 Å². The summed E-state index contributed by atoms with van der Waals surface area (Å²) in [6, 6.07) is 6.05. The van der Waals surface area contributed by atoms with Crippen molar-refractivity contribution >= 4 is 44.2 Å². The molecule has 1 aliphatic rings. The molecule has 1 aliphatic heterocycles. The van der Waals surface area contributed by atoms with Crippen molar-refractivity contribution in [1.82, 2.24) is 19.7 Å². The van der Waals surface area contributed by atoms with Gasteiger partial charge in [-0.3, -0.25) is 9.48 Å². The molecule has 0 atom stereocenters. The number of aromatic nitrogens is 3. The number of piperidine rings is 1. The number of nitrogens with zero attached hydrogens (tertiary/aromatic N) is 5. The zero-order chi connectivity index (χ0) is 20.0. The van der Waals surface area contributed by atoms with Crippen molar-refractivity contribution in [2.75, 3.05) is 25.0 Å². The number of hydrogen-bond donors (Lipinski definition) is 0. The van der Waals surface area contributed by atoms with E-state index in [1.807, 2.05) is 51.0 Å². The van der Waals surface area contributed by atoms with Crippen LogP contribution < -0.4 is 4.90 Å². The van der Waals surface area contributed by atoms with E-state index < -0.39 is 0 Å². The van der Waals surface area contributed by atoms with Crippen molar-refractivity contribution in [2.45, 2.75) is 32.7 Å². The number of carbonyl (C=O) groups excluding carboxylic acids is 1. The molecular weight excluding hydrogens is 394 g/mol. The van der Waals surface area contributed by atoms with Crippen LogP contribution in [0, 0.1) is 13.8 Å². The Morgan fingerprint density at radius 1 is 1.29 bits per heavy atom. The first-order valence-corrected chi connectivity index (χ1v) is 10.6. The van der Waals surface area contributed by atoms with Crippen LogP contribution in [0.25, 0.3) is 10.2 Å². The van der Waals surface area contributed by atoms with Gasteiger partial charge in [-0.25, -0.2) is 4.98 Å². The van der Waals surface area contributed by atoms with Gasteiger partial charge >= 0.3 is 0 Å². The predicted octanol–water partition coefficient (Wildman–Crippen LogP) is 4.04. The second kappa shape index (κ2) is 7.37. The molecule has 0 bridgehead atoms. The Kier molecular flexibility index (Phi) is 5.05. The van der Waals surface area contributed by atoms with Crippen molar-refractivity contribution in [2.24, 2.45) is 7.05 Å². The molecule has 28 heavy (non-hydrogen) atoms. The molecule has 1 fully saturated rings. The van der Waals surface area contributed by atoms with E-state index in [0.717, 1.165) is 57.6 Å². The Morgan fingerprint density at radius 3 is 2.64 bits per heavy atom. The molecule has 0 radical (unpaired) electrons. The third-order valence-electron chi connectivity index (χ3n) is 5.67. The Bertz CT molecular complexity index is 1020. The highest BCUT2D eigenvalue weighted by Crippen LogP contribution is 2.34. The van der Waals surface area contributed by atoms with Crippen LogP contribution in [0.2, 0.25) is 5.02 Å². The third kappa shape index (κ3) is 3.37. The lowest BCUT2D eigenvalue weighted by Crippen LogP contribution is -2.45. The van der Waals surface area contributed by atoms with Gasteiger partial charge in [0, 0.05) is 43.9 Å². The topological polar surface area (TPSA) is 54.3 Å². The number of aryl methyl sites for hydroxylation is 3. The SMILES string of the molecule is Cc1c(Cl)ccc2sc(N3CCC(N(C)C(=O)c4cc(C)n(C)n4)CC3)nc12. The van der Waals surface area contributed by atoms with Gasteiger partial charge < -0.3 is 9.80 Å². The third-order valence-corrected chi connectivity index (χ3v) is 7.16. The summed E-state index contributed by atoms with van der Waals surface area (Å²) in [7, 11) is 3.74. The molecule has 1 aromatic carbocycles. The lowest BCUT2D eigenvalue weighted by atomic mass is 10.0. The Labute approximate surface area is 173 Å². The van der Waals surface area contributed by atoms with Crippen molar-refractivity contribution in [3.05, 3.63) is 40.2 Å². The summed E-state index contributed by atoms with van der Waals surface area (Å²) in [5, 5.41) is 6.12. The molecule has 0 spiro atoms. The monoisotopic (exact) mass is 417 g/mol. The molecule has 8 heteroatoms. The predicted molar refractivity (Wildman–Crippen MR) is 115 cm³/mol. The number of amides is 1. The molecule has 2 aromatic heterocycles. The van der Waals surface area contributed by atoms with Crippen LogP contribution in [0.5, 0.6) is 0 Å². The summed E-state index contributed by atoms with van der Waals surface area (Å²) in [6.07, 6.45) is 1.84. The summed E-state index contributed by atoms with van der Waals surface area (Å²) < 4.78 is 2.90. The fourth-order valence-electron chi connectivity index (χ4n) is 3.68. The first kappa shape index (κ1) is 19.2. The number of thiazole rings is 1. The average molecular weight is 418 g/mol. The zero-order valence-electron chi connectivity index (χ0n) is 16.6. The minimum atomic E-state index is -0.00703. The molecule has 3 aromatic rings. The molecular formula is C20H24ClN5OS. The van der Waals surface area contributed by atoms with E-state index in [-0.39, 0.29) is 11.9 Å². The molecule has 0 N–H and O–H groups in total. The fraction of sp³-hybridized carbons (Fsp3) is 0.450. The molecule has 4 rings (SSSR count). The van der Waals surface area contributed by atoms with E-state index in [2.05, 4.69) is 10.00 Å². The van der Waals surface area contributed by atoms with Gasteiger partial charge in [0.05, 0.1) is 10.2 Å². The molecule has 1 amide bonds. The Morgan fingerprint density at radius 2 is 2.00 bits per heavy atom. The van der Waals surface area contributed by atoms with Gasteiger partial charge in [-0.05, 0) is 50.5 Å². The van der Waals surface area contributed by atoms with Crippen LogP contribution >= 0.6 is 22.9 Å². The second-order valence-electron chi connectivity index (χ2n) is 7.44. The van der Waals surface area contributed by atoms with Gasteiger partial charge in [0.25, 0.3) is 5.91 Å². The minimum Gasteiger partial charge on any atom is -0.348 e. The molecule has 3 heterocycles. The van der Waals surface area contributed by atoms with Crippen molar-refractivity contribution in [3.63, 3.8) is 0 Å². The van der Waals surface area contributed by atoms with E-state index in [0.29, 0.717) is 5.69 Å². The number of benzene rings is 1. The van der Waals surface area contributed by atoms with Gasteiger partial charge in [-0.2, -0.15) is 5.10 Å². The molecule has 1 saturated heterocycles. The highest BCUT2D eigenvalue weighted by Gasteiger charge is 2.28. The summed E-state index contributed by atoms with van der Waals surface area (Å²) in [6.45, 7) is 5.74. The number of halogens is 1. The molecule has 6 nitrogen and oxygen atoms in total. The largest absolute Gasteiger partial charge is 0.348 e. The van der Waals surface area contributed by atoms with Crippen molar-refractivity contribution < 1.29 is 4.79 Å².